The molecule has 0 saturated carbocycles. The predicted molar refractivity (Wildman–Crippen MR) is 72.3 cm³/mol. The number of rotatable bonds is 3. The summed E-state index contributed by atoms with van der Waals surface area (Å²) in [5.74, 6) is -1.13. The van der Waals surface area contributed by atoms with Crippen LogP contribution in [0.5, 0.6) is 0 Å². The van der Waals surface area contributed by atoms with Gasteiger partial charge < -0.3 is 5.11 Å². The summed E-state index contributed by atoms with van der Waals surface area (Å²) in [5, 5.41) is 15.8. The van der Waals surface area contributed by atoms with Gasteiger partial charge in [-0.25, -0.2) is 4.79 Å². The fourth-order valence-corrected chi connectivity index (χ4v) is 2.80. The molecule has 1 aromatic carbocycles. The van der Waals surface area contributed by atoms with Crippen molar-refractivity contribution in [2.24, 2.45) is 0 Å². The van der Waals surface area contributed by atoms with Crippen LogP contribution >= 0.6 is 27.7 Å². The second-order valence-electron chi connectivity index (χ2n) is 3.80. The third kappa shape index (κ3) is 3.94. The Bertz CT molecular complexity index is 677. The Morgan fingerprint density at radius 2 is 1.90 bits per heavy atom. The van der Waals surface area contributed by atoms with E-state index in [0.717, 1.165) is 23.9 Å². The molecule has 1 aromatic heterocycles. The lowest BCUT2D eigenvalue weighted by Crippen LogP contribution is -2.08. The lowest BCUT2D eigenvalue weighted by molar-refractivity contribution is -0.141. The third-order valence-corrected chi connectivity index (χ3v) is 3.80. The highest BCUT2D eigenvalue weighted by Crippen LogP contribution is 2.33. The van der Waals surface area contributed by atoms with Gasteiger partial charge in [0.25, 0.3) is 0 Å². The van der Waals surface area contributed by atoms with Crippen molar-refractivity contribution in [1.82, 2.24) is 10.2 Å². The van der Waals surface area contributed by atoms with Gasteiger partial charge in [0.1, 0.15) is 5.03 Å². The van der Waals surface area contributed by atoms with Crippen LogP contribution in [0.2, 0.25) is 0 Å². The van der Waals surface area contributed by atoms with E-state index in [9.17, 15) is 18.0 Å². The number of benzene rings is 1. The van der Waals surface area contributed by atoms with E-state index in [0.29, 0.717) is 9.37 Å². The van der Waals surface area contributed by atoms with Crippen LogP contribution in [0.1, 0.15) is 16.1 Å². The third-order valence-electron chi connectivity index (χ3n) is 2.32. The predicted octanol–water partition coefficient (Wildman–Crippen LogP) is 4.11. The number of hydrogen-bond acceptors (Lipinski definition) is 4. The number of aromatic carboxylic acids is 1. The zero-order valence-corrected chi connectivity index (χ0v) is 12.5. The van der Waals surface area contributed by atoms with Crippen molar-refractivity contribution in [3.05, 3.63) is 46.1 Å². The molecule has 110 valence electrons. The van der Waals surface area contributed by atoms with Gasteiger partial charge >= 0.3 is 12.1 Å². The minimum atomic E-state index is -4.56. The van der Waals surface area contributed by atoms with Crippen LogP contribution in [0.4, 0.5) is 13.2 Å². The van der Waals surface area contributed by atoms with Crippen LogP contribution in [0.25, 0.3) is 0 Å². The standard InChI is InChI=1S/C12H6BrF3N2O2S/c13-6-1-2-7(11(19)20)8(5-6)21-10-4-3-9(17-18-10)12(14,15)16/h1-5H,(H,19,20). The molecule has 0 aliphatic heterocycles. The highest BCUT2D eigenvalue weighted by Gasteiger charge is 2.32. The Morgan fingerprint density at radius 3 is 2.43 bits per heavy atom. The molecule has 2 rings (SSSR count). The van der Waals surface area contributed by atoms with Gasteiger partial charge in [0.15, 0.2) is 5.69 Å². The molecule has 0 bridgehead atoms. The molecular formula is C12H6BrF3N2O2S. The van der Waals surface area contributed by atoms with Crippen LogP contribution < -0.4 is 0 Å². The summed E-state index contributed by atoms with van der Waals surface area (Å²) in [4.78, 5) is 11.4. The van der Waals surface area contributed by atoms with Crippen molar-refractivity contribution in [3.63, 3.8) is 0 Å². The van der Waals surface area contributed by atoms with Crippen LogP contribution in [0.3, 0.4) is 0 Å². The van der Waals surface area contributed by atoms with Crippen LogP contribution in [-0.2, 0) is 6.18 Å². The highest BCUT2D eigenvalue weighted by molar-refractivity contribution is 9.10. The summed E-state index contributed by atoms with van der Waals surface area (Å²) in [6.45, 7) is 0. The minimum absolute atomic E-state index is 0.0323. The molecule has 0 saturated heterocycles. The van der Waals surface area contributed by atoms with E-state index in [1.807, 2.05) is 0 Å². The Labute approximate surface area is 129 Å². The fourth-order valence-electron chi connectivity index (χ4n) is 1.40. The molecule has 0 fully saturated rings. The summed E-state index contributed by atoms with van der Waals surface area (Å²) in [6.07, 6.45) is -4.56. The van der Waals surface area contributed by atoms with Crippen molar-refractivity contribution >= 4 is 33.7 Å². The molecule has 9 heteroatoms. The number of hydrogen-bond donors (Lipinski definition) is 1. The molecule has 0 unspecified atom stereocenters. The van der Waals surface area contributed by atoms with E-state index in [1.165, 1.54) is 6.07 Å². The van der Waals surface area contributed by atoms with Crippen LogP contribution in [0, 0.1) is 0 Å². The molecular weight excluding hydrogens is 373 g/mol. The monoisotopic (exact) mass is 378 g/mol. The first-order chi connectivity index (χ1) is 9.77. The van der Waals surface area contributed by atoms with Gasteiger partial charge in [-0.3, -0.25) is 0 Å². The average Bonchev–Trinajstić information content (AvgIpc) is 2.38. The summed E-state index contributed by atoms with van der Waals surface area (Å²) in [5.41, 5.74) is -1.07. The second kappa shape index (κ2) is 6.02. The van der Waals surface area contributed by atoms with Gasteiger partial charge in [0.05, 0.1) is 5.56 Å². The number of carboxylic acids is 1. The average molecular weight is 379 g/mol. The molecule has 0 atom stereocenters. The van der Waals surface area contributed by atoms with Gasteiger partial charge in [-0.05, 0) is 30.3 Å². The molecule has 0 amide bonds. The van der Waals surface area contributed by atoms with Crippen molar-refractivity contribution < 1.29 is 23.1 Å². The molecule has 1 heterocycles. The van der Waals surface area contributed by atoms with Crippen molar-refractivity contribution in [2.75, 3.05) is 0 Å². The van der Waals surface area contributed by atoms with Gasteiger partial charge in [0.2, 0.25) is 0 Å². The van der Waals surface area contributed by atoms with Gasteiger partial charge in [-0.1, -0.05) is 27.7 Å². The largest absolute Gasteiger partial charge is 0.478 e. The molecule has 1 N–H and O–H groups in total. The first-order valence-electron chi connectivity index (χ1n) is 5.39. The summed E-state index contributed by atoms with van der Waals surface area (Å²) < 4.78 is 37.8. The number of halogens is 4. The van der Waals surface area contributed by atoms with E-state index < -0.39 is 17.8 Å². The van der Waals surface area contributed by atoms with Gasteiger partial charge in [-0.2, -0.15) is 13.2 Å². The summed E-state index contributed by atoms with van der Waals surface area (Å²) in [7, 11) is 0. The maximum absolute atomic E-state index is 12.4. The maximum atomic E-state index is 12.4. The van der Waals surface area contributed by atoms with E-state index in [-0.39, 0.29) is 10.6 Å². The lowest BCUT2D eigenvalue weighted by Gasteiger charge is -2.07. The van der Waals surface area contributed by atoms with Crippen LogP contribution in [0.15, 0.2) is 44.7 Å². The number of carbonyl (C=O) groups is 1. The van der Waals surface area contributed by atoms with E-state index in [2.05, 4.69) is 26.1 Å². The topological polar surface area (TPSA) is 63.1 Å². The number of aromatic nitrogens is 2. The summed E-state index contributed by atoms with van der Waals surface area (Å²) in [6, 6.07) is 6.45. The molecule has 0 aliphatic carbocycles. The molecule has 4 nitrogen and oxygen atoms in total. The SMILES string of the molecule is O=C(O)c1ccc(Br)cc1Sc1ccc(C(F)(F)F)nn1. The van der Waals surface area contributed by atoms with Gasteiger partial charge in [-0.15, -0.1) is 10.2 Å². The Morgan fingerprint density at radius 1 is 1.19 bits per heavy atom. The smallest absolute Gasteiger partial charge is 0.435 e. The zero-order valence-electron chi connectivity index (χ0n) is 10.1. The molecule has 0 radical (unpaired) electrons. The lowest BCUT2D eigenvalue weighted by atomic mass is 10.2. The summed E-state index contributed by atoms with van der Waals surface area (Å²) >= 11 is 4.13. The van der Waals surface area contributed by atoms with Gasteiger partial charge in [0, 0.05) is 9.37 Å². The van der Waals surface area contributed by atoms with Crippen LogP contribution in [-0.4, -0.2) is 21.3 Å². The number of nitrogens with zero attached hydrogens (tertiary/aromatic N) is 2. The maximum Gasteiger partial charge on any atom is 0.435 e. The Kier molecular flexibility index (Phi) is 4.52. The Hall–Kier alpha value is -1.61. The van der Waals surface area contributed by atoms with E-state index in [4.69, 9.17) is 5.11 Å². The minimum Gasteiger partial charge on any atom is -0.478 e. The molecule has 0 aliphatic rings. The highest BCUT2D eigenvalue weighted by atomic mass is 79.9. The molecule has 0 spiro atoms. The molecule has 21 heavy (non-hydrogen) atoms. The number of carboxylic acid groups (broad SMARTS) is 1. The van der Waals surface area contributed by atoms with E-state index in [1.54, 1.807) is 12.1 Å². The first kappa shape index (κ1) is 15.8. The van der Waals surface area contributed by atoms with Crippen molar-refractivity contribution in [1.29, 1.82) is 0 Å². The quantitative estimate of drug-likeness (QED) is 0.870. The van der Waals surface area contributed by atoms with Crippen molar-refractivity contribution in [3.8, 4) is 0 Å². The second-order valence-corrected chi connectivity index (χ2v) is 5.78. The fraction of sp³-hybridized carbons (Fsp3) is 0.0833. The van der Waals surface area contributed by atoms with Crippen molar-refractivity contribution in [2.45, 2.75) is 16.1 Å². The Balaban J connectivity index is 2.30. The number of alkyl halides is 3. The normalized spacial score (nSPS) is 11.4. The first-order valence-corrected chi connectivity index (χ1v) is 7.00. The zero-order chi connectivity index (χ0) is 15.6. The van der Waals surface area contributed by atoms with E-state index >= 15 is 0 Å². The molecule has 2 aromatic rings.